The van der Waals surface area contributed by atoms with Crippen molar-refractivity contribution in [3.8, 4) is 12.3 Å². The van der Waals surface area contributed by atoms with Gasteiger partial charge in [-0.3, -0.25) is 9.78 Å². The van der Waals surface area contributed by atoms with E-state index in [4.69, 9.17) is 6.42 Å². The molecule has 1 aromatic heterocycles. The summed E-state index contributed by atoms with van der Waals surface area (Å²) in [6.45, 7) is 4.03. The molecule has 0 saturated heterocycles. The van der Waals surface area contributed by atoms with Gasteiger partial charge in [-0.25, -0.2) is 0 Å². The van der Waals surface area contributed by atoms with Crippen LogP contribution in [0.3, 0.4) is 0 Å². The molecule has 0 N–H and O–H groups in total. The van der Waals surface area contributed by atoms with Crippen LogP contribution in [0.15, 0.2) is 12.1 Å². The molecule has 3 heteroatoms. The number of rotatable bonds is 2. The van der Waals surface area contributed by atoms with Crippen LogP contribution in [0.25, 0.3) is 0 Å². The van der Waals surface area contributed by atoms with E-state index in [1.54, 1.807) is 13.1 Å². The van der Waals surface area contributed by atoms with Crippen molar-refractivity contribution < 1.29 is 4.79 Å². The van der Waals surface area contributed by atoms with Crippen molar-refractivity contribution in [2.75, 3.05) is 13.6 Å². The van der Waals surface area contributed by atoms with E-state index in [1.165, 1.54) is 4.90 Å². The summed E-state index contributed by atoms with van der Waals surface area (Å²) in [6.07, 6.45) is 5.15. The van der Waals surface area contributed by atoms with E-state index in [0.717, 1.165) is 11.4 Å². The lowest BCUT2D eigenvalue weighted by Crippen LogP contribution is -2.27. The number of carbonyl (C=O) groups excluding carboxylic acids is 1. The van der Waals surface area contributed by atoms with Crippen LogP contribution < -0.4 is 0 Å². The molecule has 0 aliphatic rings. The molecule has 0 saturated carbocycles. The van der Waals surface area contributed by atoms with Crippen LogP contribution in [0.4, 0.5) is 0 Å². The minimum Gasteiger partial charge on any atom is -0.331 e. The van der Waals surface area contributed by atoms with Crippen molar-refractivity contribution in [3.05, 3.63) is 29.1 Å². The van der Waals surface area contributed by atoms with Crippen LogP contribution >= 0.6 is 0 Å². The Bertz CT molecular complexity index is 418. The third-order valence-corrected chi connectivity index (χ3v) is 2.13. The molecule has 0 radical (unpaired) electrons. The molecule has 1 amide bonds. The Morgan fingerprint density at radius 3 is 2.73 bits per heavy atom. The summed E-state index contributed by atoms with van der Waals surface area (Å²) in [7, 11) is 1.68. The van der Waals surface area contributed by atoms with Crippen LogP contribution in [0, 0.1) is 26.2 Å². The van der Waals surface area contributed by atoms with Crippen molar-refractivity contribution in [1.29, 1.82) is 0 Å². The molecule has 0 fully saturated rings. The second-order valence-electron chi connectivity index (χ2n) is 3.45. The zero-order valence-corrected chi connectivity index (χ0v) is 9.24. The van der Waals surface area contributed by atoms with Crippen molar-refractivity contribution in [2.45, 2.75) is 13.8 Å². The molecule has 0 bridgehead atoms. The third kappa shape index (κ3) is 2.57. The number of hydrogen-bond donors (Lipinski definition) is 0. The Morgan fingerprint density at radius 1 is 1.53 bits per heavy atom. The largest absolute Gasteiger partial charge is 0.331 e. The van der Waals surface area contributed by atoms with Crippen molar-refractivity contribution >= 4 is 5.91 Å². The van der Waals surface area contributed by atoms with Gasteiger partial charge in [-0.1, -0.05) is 5.92 Å². The van der Waals surface area contributed by atoms with Gasteiger partial charge in [0.1, 0.15) is 0 Å². The smallest absolute Gasteiger partial charge is 0.256 e. The second kappa shape index (κ2) is 4.61. The van der Waals surface area contributed by atoms with Crippen molar-refractivity contribution in [3.63, 3.8) is 0 Å². The lowest BCUT2D eigenvalue weighted by Gasteiger charge is -2.15. The first-order valence-electron chi connectivity index (χ1n) is 4.69. The first-order valence-corrected chi connectivity index (χ1v) is 4.69. The summed E-state index contributed by atoms with van der Waals surface area (Å²) < 4.78 is 0. The number of aryl methyl sites for hydroxylation is 2. The Labute approximate surface area is 90.1 Å². The van der Waals surface area contributed by atoms with Gasteiger partial charge in [0.05, 0.1) is 17.8 Å². The van der Waals surface area contributed by atoms with E-state index in [1.807, 2.05) is 19.9 Å². The molecule has 0 aliphatic carbocycles. The van der Waals surface area contributed by atoms with Gasteiger partial charge in [-0.15, -0.1) is 6.42 Å². The molecule has 3 nitrogen and oxygen atoms in total. The predicted octanol–water partition coefficient (Wildman–Crippen LogP) is 1.40. The number of aromatic nitrogens is 1. The topological polar surface area (TPSA) is 33.2 Å². The van der Waals surface area contributed by atoms with Crippen LogP contribution in [-0.2, 0) is 0 Å². The van der Waals surface area contributed by atoms with Crippen LogP contribution in [0.2, 0.25) is 0 Å². The maximum atomic E-state index is 11.9. The summed E-state index contributed by atoms with van der Waals surface area (Å²) >= 11 is 0. The first kappa shape index (κ1) is 11.3. The molecule has 15 heavy (non-hydrogen) atoms. The van der Waals surface area contributed by atoms with Gasteiger partial charge in [0.25, 0.3) is 5.91 Å². The molecule has 0 aliphatic heterocycles. The number of nitrogens with zero attached hydrogens (tertiary/aromatic N) is 2. The second-order valence-corrected chi connectivity index (χ2v) is 3.45. The maximum absolute atomic E-state index is 11.9. The average Bonchev–Trinajstić information content (AvgIpc) is 2.17. The summed E-state index contributed by atoms with van der Waals surface area (Å²) in [5, 5.41) is 0. The molecule has 1 heterocycles. The number of carbonyl (C=O) groups is 1. The molecule has 78 valence electrons. The molecule has 0 spiro atoms. The fraction of sp³-hybridized carbons (Fsp3) is 0.333. The molecule has 1 rings (SSSR count). The van der Waals surface area contributed by atoms with E-state index in [0.29, 0.717) is 12.1 Å². The fourth-order valence-electron chi connectivity index (χ4n) is 1.33. The molecular formula is C12H14N2O. The molecular weight excluding hydrogens is 188 g/mol. The van der Waals surface area contributed by atoms with Crippen molar-refractivity contribution in [2.24, 2.45) is 0 Å². The summed E-state index contributed by atoms with van der Waals surface area (Å²) in [4.78, 5) is 17.6. The number of pyridine rings is 1. The highest BCUT2D eigenvalue weighted by Crippen LogP contribution is 2.08. The van der Waals surface area contributed by atoms with Gasteiger partial charge in [-0.05, 0) is 26.0 Å². The lowest BCUT2D eigenvalue weighted by molar-refractivity contribution is 0.0811. The van der Waals surface area contributed by atoms with E-state index in [2.05, 4.69) is 10.9 Å². The Balaban J connectivity index is 2.97. The van der Waals surface area contributed by atoms with Gasteiger partial charge in [0, 0.05) is 12.7 Å². The number of amides is 1. The zero-order chi connectivity index (χ0) is 11.4. The number of terminal acetylenes is 1. The SMILES string of the molecule is C#CCN(C)C(=O)c1ccc(C)nc1C. The van der Waals surface area contributed by atoms with Gasteiger partial charge < -0.3 is 4.90 Å². The first-order chi connectivity index (χ1) is 7.06. The van der Waals surface area contributed by atoms with Crippen LogP contribution in [-0.4, -0.2) is 29.4 Å². The monoisotopic (exact) mass is 202 g/mol. The molecule has 1 aromatic rings. The van der Waals surface area contributed by atoms with Crippen LogP contribution in [0.5, 0.6) is 0 Å². The fourth-order valence-corrected chi connectivity index (χ4v) is 1.33. The Kier molecular flexibility index (Phi) is 3.46. The minimum atomic E-state index is -0.0852. The zero-order valence-electron chi connectivity index (χ0n) is 9.24. The van der Waals surface area contributed by atoms with E-state index in [9.17, 15) is 4.79 Å². The van der Waals surface area contributed by atoms with E-state index in [-0.39, 0.29) is 5.91 Å². The maximum Gasteiger partial charge on any atom is 0.256 e. The molecule has 0 atom stereocenters. The van der Waals surface area contributed by atoms with Crippen molar-refractivity contribution in [1.82, 2.24) is 9.88 Å². The standard InChI is InChI=1S/C12H14N2O/c1-5-8-14(4)12(15)11-7-6-9(2)13-10(11)3/h1,6-7H,8H2,2-4H3. The summed E-state index contributed by atoms with van der Waals surface area (Å²) in [5.41, 5.74) is 2.26. The molecule has 0 unspecified atom stereocenters. The third-order valence-electron chi connectivity index (χ3n) is 2.13. The van der Waals surface area contributed by atoms with Gasteiger partial charge >= 0.3 is 0 Å². The Morgan fingerprint density at radius 2 is 2.20 bits per heavy atom. The minimum absolute atomic E-state index is 0.0852. The lowest BCUT2D eigenvalue weighted by atomic mass is 10.1. The summed E-state index contributed by atoms with van der Waals surface area (Å²) in [6, 6.07) is 3.61. The normalized spacial score (nSPS) is 9.47. The number of hydrogen-bond acceptors (Lipinski definition) is 2. The summed E-state index contributed by atoms with van der Waals surface area (Å²) in [5.74, 6) is 2.35. The van der Waals surface area contributed by atoms with Gasteiger partial charge in [0.15, 0.2) is 0 Å². The van der Waals surface area contributed by atoms with E-state index >= 15 is 0 Å². The van der Waals surface area contributed by atoms with Crippen LogP contribution in [0.1, 0.15) is 21.7 Å². The van der Waals surface area contributed by atoms with E-state index < -0.39 is 0 Å². The average molecular weight is 202 g/mol. The predicted molar refractivity (Wildman–Crippen MR) is 59.5 cm³/mol. The highest BCUT2D eigenvalue weighted by molar-refractivity contribution is 5.95. The quantitative estimate of drug-likeness (QED) is 0.679. The highest BCUT2D eigenvalue weighted by atomic mass is 16.2. The van der Waals surface area contributed by atoms with Gasteiger partial charge in [0.2, 0.25) is 0 Å². The Hall–Kier alpha value is -1.82. The molecule has 0 aromatic carbocycles. The highest BCUT2D eigenvalue weighted by Gasteiger charge is 2.13. The van der Waals surface area contributed by atoms with Gasteiger partial charge in [-0.2, -0.15) is 0 Å².